The van der Waals surface area contributed by atoms with Crippen molar-refractivity contribution in [1.82, 2.24) is 5.32 Å². The van der Waals surface area contributed by atoms with Crippen LogP contribution in [-0.4, -0.2) is 42.1 Å². The van der Waals surface area contributed by atoms with Gasteiger partial charge in [-0.25, -0.2) is 0 Å². The van der Waals surface area contributed by atoms with E-state index in [1.54, 1.807) is 0 Å². The van der Waals surface area contributed by atoms with E-state index in [2.05, 4.69) is 5.32 Å². The van der Waals surface area contributed by atoms with E-state index < -0.39 is 6.10 Å². The van der Waals surface area contributed by atoms with E-state index in [1.807, 2.05) is 31.2 Å². The minimum absolute atomic E-state index is 0.146. The van der Waals surface area contributed by atoms with E-state index >= 15 is 0 Å². The molecule has 0 spiro atoms. The normalized spacial score (nSPS) is 14.3. The molecule has 3 N–H and O–H groups in total. The molecule has 0 heterocycles. The minimum Gasteiger partial charge on any atom is -0.396 e. The molecule has 0 bridgehead atoms. The third-order valence-corrected chi connectivity index (χ3v) is 3.16. The van der Waals surface area contributed by atoms with Gasteiger partial charge in [0, 0.05) is 24.2 Å². The van der Waals surface area contributed by atoms with Gasteiger partial charge in [0.25, 0.3) is 0 Å². The lowest BCUT2D eigenvalue weighted by Gasteiger charge is -2.16. The number of benzene rings is 1. The number of ether oxygens (including phenoxy) is 1. The topological polar surface area (TPSA) is 61.7 Å². The number of aliphatic hydroxyl groups excluding tert-OH is 2. The number of nitrogens with one attached hydrogen (secondary N) is 1. The molecule has 2 unspecified atom stereocenters. The quantitative estimate of drug-likeness (QED) is 0.645. The molecule has 1 rings (SSSR count). The van der Waals surface area contributed by atoms with E-state index in [0.717, 1.165) is 5.56 Å². The van der Waals surface area contributed by atoms with Gasteiger partial charge in [-0.05, 0) is 25.0 Å². The lowest BCUT2D eigenvalue weighted by molar-refractivity contribution is 0.0275. The number of halogens is 1. The summed E-state index contributed by atoms with van der Waals surface area (Å²) in [5.41, 5.74) is 0.915. The molecule has 1 aromatic rings. The van der Waals surface area contributed by atoms with Crippen LogP contribution >= 0.6 is 11.6 Å². The Morgan fingerprint density at radius 2 is 2.11 bits per heavy atom. The molecule has 4 nitrogen and oxygen atoms in total. The molecule has 19 heavy (non-hydrogen) atoms. The molecule has 0 saturated heterocycles. The van der Waals surface area contributed by atoms with Crippen molar-refractivity contribution < 1.29 is 14.9 Å². The Kier molecular flexibility index (Phi) is 8.02. The summed E-state index contributed by atoms with van der Waals surface area (Å²) in [4.78, 5) is 0. The van der Waals surface area contributed by atoms with E-state index in [-0.39, 0.29) is 19.3 Å². The van der Waals surface area contributed by atoms with Crippen LogP contribution in [0.25, 0.3) is 0 Å². The third-order valence-electron chi connectivity index (χ3n) is 2.79. The minimum atomic E-state index is -0.566. The first-order valence-corrected chi connectivity index (χ1v) is 6.84. The van der Waals surface area contributed by atoms with Gasteiger partial charge in [0.15, 0.2) is 0 Å². The second-order valence-electron chi connectivity index (χ2n) is 4.58. The molecule has 2 atom stereocenters. The highest BCUT2D eigenvalue weighted by atomic mass is 35.5. The zero-order chi connectivity index (χ0) is 14.1. The highest BCUT2D eigenvalue weighted by Crippen LogP contribution is 2.15. The fraction of sp³-hybridized carbons (Fsp3) is 0.571. The van der Waals surface area contributed by atoms with E-state index in [9.17, 15) is 5.11 Å². The maximum Gasteiger partial charge on any atom is 0.0897 e. The van der Waals surface area contributed by atoms with Gasteiger partial charge >= 0.3 is 0 Å². The molecular weight excluding hydrogens is 266 g/mol. The molecule has 0 radical (unpaired) electrons. The first-order valence-electron chi connectivity index (χ1n) is 6.47. The largest absolute Gasteiger partial charge is 0.396 e. The Hall–Kier alpha value is -0.650. The van der Waals surface area contributed by atoms with Crippen LogP contribution in [0.4, 0.5) is 0 Å². The maximum absolute atomic E-state index is 9.73. The van der Waals surface area contributed by atoms with Gasteiger partial charge in [-0.15, -0.1) is 0 Å². The Morgan fingerprint density at radius 1 is 1.37 bits per heavy atom. The molecule has 0 aliphatic carbocycles. The average Bonchev–Trinajstić information content (AvgIpc) is 2.39. The second kappa shape index (κ2) is 9.28. The Morgan fingerprint density at radius 3 is 2.79 bits per heavy atom. The van der Waals surface area contributed by atoms with Crippen molar-refractivity contribution in [2.75, 3.05) is 19.8 Å². The summed E-state index contributed by atoms with van der Waals surface area (Å²) in [7, 11) is 0. The Bertz CT molecular complexity index is 362. The molecule has 0 aromatic heterocycles. The Balaban J connectivity index is 2.17. The van der Waals surface area contributed by atoms with Crippen molar-refractivity contribution in [2.45, 2.75) is 32.1 Å². The van der Waals surface area contributed by atoms with Gasteiger partial charge in [-0.2, -0.15) is 0 Å². The number of rotatable bonds is 9. The van der Waals surface area contributed by atoms with Crippen molar-refractivity contribution >= 4 is 11.6 Å². The Labute approximate surface area is 119 Å². The molecule has 108 valence electrons. The summed E-state index contributed by atoms with van der Waals surface area (Å²) in [6, 6.07) is 7.67. The predicted molar refractivity (Wildman–Crippen MR) is 76.3 cm³/mol. The molecule has 0 aliphatic rings. The zero-order valence-electron chi connectivity index (χ0n) is 11.2. The van der Waals surface area contributed by atoms with Crippen LogP contribution in [0.2, 0.25) is 5.02 Å². The van der Waals surface area contributed by atoms with Crippen molar-refractivity contribution in [3.05, 3.63) is 34.9 Å². The molecule has 1 aromatic carbocycles. The summed E-state index contributed by atoms with van der Waals surface area (Å²) >= 11 is 6.00. The molecule has 0 aliphatic heterocycles. The van der Waals surface area contributed by atoms with Gasteiger partial charge in [-0.3, -0.25) is 0 Å². The standard InChI is InChI=1S/C14H22ClNO3/c1-11(6-7-17)16-8-13(18)10-19-9-12-4-2-3-5-14(12)15/h2-5,11,13,16-18H,6-10H2,1H3. The molecular formula is C14H22ClNO3. The number of hydrogen-bond acceptors (Lipinski definition) is 4. The first kappa shape index (κ1) is 16.4. The van der Waals surface area contributed by atoms with Crippen LogP contribution in [0.15, 0.2) is 24.3 Å². The molecule has 0 saturated carbocycles. The zero-order valence-corrected chi connectivity index (χ0v) is 11.9. The lowest BCUT2D eigenvalue weighted by Crippen LogP contribution is -2.36. The van der Waals surface area contributed by atoms with E-state index in [1.165, 1.54) is 0 Å². The highest BCUT2D eigenvalue weighted by Gasteiger charge is 2.07. The summed E-state index contributed by atoms with van der Waals surface area (Å²) in [6.07, 6.45) is 0.108. The van der Waals surface area contributed by atoms with E-state index in [4.69, 9.17) is 21.4 Å². The van der Waals surface area contributed by atoms with Crippen molar-refractivity contribution in [2.24, 2.45) is 0 Å². The van der Waals surface area contributed by atoms with Crippen LogP contribution in [0, 0.1) is 0 Å². The third kappa shape index (κ3) is 6.89. The second-order valence-corrected chi connectivity index (χ2v) is 4.99. The van der Waals surface area contributed by atoms with Crippen molar-refractivity contribution in [3.8, 4) is 0 Å². The number of hydrogen-bond donors (Lipinski definition) is 3. The van der Waals surface area contributed by atoms with Gasteiger partial charge in [0.1, 0.15) is 0 Å². The summed E-state index contributed by atoms with van der Waals surface area (Å²) in [5, 5.41) is 22.3. The summed E-state index contributed by atoms with van der Waals surface area (Å²) < 4.78 is 5.43. The van der Waals surface area contributed by atoms with Gasteiger partial charge in [0.05, 0.1) is 19.3 Å². The van der Waals surface area contributed by atoms with Crippen LogP contribution in [-0.2, 0) is 11.3 Å². The highest BCUT2D eigenvalue weighted by molar-refractivity contribution is 6.31. The SMILES string of the molecule is CC(CCO)NCC(O)COCc1ccccc1Cl. The van der Waals surface area contributed by atoms with Crippen LogP contribution in [0.5, 0.6) is 0 Å². The fourth-order valence-corrected chi connectivity index (χ4v) is 1.80. The van der Waals surface area contributed by atoms with E-state index in [0.29, 0.717) is 24.6 Å². The van der Waals surface area contributed by atoms with Gasteiger partial charge in [-0.1, -0.05) is 29.8 Å². The summed E-state index contributed by atoms with van der Waals surface area (Å²) in [5.74, 6) is 0. The van der Waals surface area contributed by atoms with Crippen LogP contribution in [0.1, 0.15) is 18.9 Å². The maximum atomic E-state index is 9.73. The fourth-order valence-electron chi connectivity index (χ4n) is 1.61. The van der Waals surface area contributed by atoms with Crippen molar-refractivity contribution in [3.63, 3.8) is 0 Å². The van der Waals surface area contributed by atoms with Gasteiger partial charge in [0.2, 0.25) is 0 Å². The van der Waals surface area contributed by atoms with Gasteiger partial charge < -0.3 is 20.3 Å². The molecule has 0 fully saturated rings. The smallest absolute Gasteiger partial charge is 0.0897 e. The van der Waals surface area contributed by atoms with Crippen LogP contribution < -0.4 is 5.32 Å². The first-order chi connectivity index (χ1) is 9.13. The molecule has 5 heteroatoms. The lowest BCUT2D eigenvalue weighted by atomic mass is 10.2. The average molecular weight is 288 g/mol. The predicted octanol–water partition coefficient (Wildman–Crippen LogP) is 1.58. The summed E-state index contributed by atoms with van der Waals surface area (Å²) in [6.45, 7) is 3.21. The number of aliphatic hydroxyl groups is 2. The monoisotopic (exact) mass is 287 g/mol. The molecule has 0 amide bonds. The van der Waals surface area contributed by atoms with Crippen LogP contribution in [0.3, 0.4) is 0 Å². The van der Waals surface area contributed by atoms with Crippen molar-refractivity contribution in [1.29, 1.82) is 0 Å².